The maximum atomic E-state index is 12.2. The number of carbonyl (C=O) groups is 2. The van der Waals surface area contributed by atoms with Gasteiger partial charge in [0.25, 0.3) is 0 Å². The van der Waals surface area contributed by atoms with Gasteiger partial charge in [0.1, 0.15) is 19.3 Å². The molecule has 0 radical (unpaired) electrons. The zero-order chi connectivity index (χ0) is 16.2. The summed E-state index contributed by atoms with van der Waals surface area (Å²) in [5.74, 6) is 0.179. The molecule has 23 heavy (non-hydrogen) atoms. The van der Waals surface area contributed by atoms with Gasteiger partial charge in [0.05, 0.1) is 6.54 Å². The molecule has 2 aliphatic rings. The summed E-state index contributed by atoms with van der Waals surface area (Å²) in [7, 11) is 0. The van der Waals surface area contributed by atoms with Gasteiger partial charge in [-0.05, 0) is 31.5 Å². The lowest BCUT2D eigenvalue weighted by atomic mass is 10.0. The lowest BCUT2D eigenvalue weighted by Gasteiger charge is -2.32. The Morgan fingerprint density at radius 2 is 2.00 bits per heavy atom. The van der Waals surface area contributed by atoms with E-state index in [0.29, 0.717) is 43.4 Å². The van der Waals surface area contributed by atoms with Crippen molar-refractivity contribution in [2.75, 3.05) is 31.6 Å². The van der Waals surface area contributed by atoms with E-state index in [4.69, 9.17) is 9.47 Å². The largest absolute Gasteiger partial charge is 0.486 e. The van der Waals surface area contributed by atoms with Gasteiger partial charge in [-0.2, -0.15) is 0 Å². The van der Waals surface area contributed by atoms with E-state index in [1.807, 2.05) is 0 Å². The molecule has 0 aromatic heterocycles. The van der Waals surface area contributed by atoms with Gasteiger partial charge < -0.3 is 19.9 Å². The molecule has 1 aromatic rings. The number of hydrogen-bond donors (Lipinski definition) is 2. The van der Waals surface area contributed by atoms with E-state index in [9.17, 15) is 14.7 Å². The fraction of sp³-hybridized carbons (Fsp3) is 0.500. The van der Waals surface area contributed by atoms with Crippen LogP contribution in [-0.2, 0) is 9.59 Å². The summed E-state index contributed by atoms with van der Waals surface area (Å²) in [5, 5.41) is 12.0. The first-order valence-electron chi connectivity index (χ1n) is 7.80. The van der Waals surface area contributed by atoms with Gasteiger partial charge >= 0.3 is 5.97 Å². The lowest BCUT2D eigenvalue weighted by Crippen LogP contribution is -2.47. The summed E-state index contributed by atoms with van der Waals surface area (Å²) < 4.78 is 10.9. The van der Waals surface area contributed by atoms with Crippen LogP contribution in [0.3, 0.4) is 0 Å². The monoisotopic (exact) mass is 320 g/mol. The number of hydrogen-bond acceptors (Lipinski definition) is 5. The van der Waals surface area contributed by atoms with Crippen molar-refractivity contribution < 1.29 is 24.2 Å². The Morgan fingerprint density at radius 1 is 1.22 bits per heavy atom. The molecule has 1 aromatic carbocycles. The highest BCUT2D eigenvalue weighted by atomic mass is 16.6. The van der Waals surface area contributed by atoms with Gasteiger partial charge in [-0.3, -0.25) is 14.5 Å². The van der Waals surface area contributed by atoms with Gasteiger partial charge in [0.15, 0.2) is 11.5 Å². The molecule has 0 bridgehead atoms. The Morgan fingerprint density at radius 3 is 2.78 bits per heavy atom. The van der Waals surface area contributed by atoms with Crippen LogP contribution in [0.25, 0.3) is 0 Å². The van der Waals surface area contributed by atoms with Crippen LogP contribution in [0.2, 0.25) is 0 Å². The molecular weight excluding hydrogens is 300 g/mol. The highest BCUT2D eigenvalue weighted by Gasteiger charge is 2.29. The number of piperidine rings is 1. The Labute approximate surface area is 134 Å². The quantitative estimate of drug-likeness (QED) is 0.870. The number of benzene rings is 1. The fourth-order valence-corrected chi connectivity index (χ4v) is 2.97. The summed E-state index contributed by atoms with van der Waals surface area (Å²) in [6, 6.07) is 4.65. The minimum absolute atomic E-state index is 0.0748. The Bertz CT molecular complexity index is 604. The van der Waals surface area contributed by atoms with Gasteiger partial charge in [-0.25, -0.2) is 0 Å². The van der Waals surface area contributed by atoms with Crippen molar-refractivity contribution in [3.8, 4) is 11.5 Å². The van der Waals surface area contributed by atoms with Crippen molar-refractivity contribution in [3.05, 3.63) is 18.2 Å². The van der Waals surface area contributed by atoms with Crippen LogP contribution in [-0.4, -0.2) is 54.2 Å². The Hall–Kier alpha value is -2.28. The number of carboxylic acid groups (broad SMARTS) is 1. The standard InChI is InChI=1S/C16H20N2O5/c19-15(10-18-6-2-1-3-12(18)16(20)21)17-11-4-5-13-14(9-11)23-8-7-22-13/h4-5,9,12H,1-3,6-8,10H2,(H,17,19)(H,20,21). The molecular formula is C16H20N2O5. The first kappa shape index (κ1) is 15.6. The normalized spacial score (nSPS) is 20.8. The topological polar surface area (TPSA) is 88.1 Å². The molecule has 1 amide bonds. The minimum atomic E-state index is -0.864. The van der Waals surface area contributed by atoms with Crippen molar-refractivity contribution in [1.82, 2.24) is 4.90 Å². The van der Waals surface area contributed by atoms with Crippen LogP contribution >= 0.6 is 0 Å². The number of carbonyl (C=O) groups excluding carboxylic acids is 1. The van der Waals surface area contributed by atoms with E-state index in [2.05, 4.69) is 5.32 Å². The number of amides is 1. The second-order valence-electron chi connectivity index (χ2n) is 5.73. The van der Waals surface area contributed by atoms with Gasteiger partial charge in [-0.1, -0.05) is 6.42 Å². The van der Waals surface area contributed by atoms with E-state index >= 15 is 0 Å². The highest BCUT2D eigenvalue weighted by molar-refractivity contribution is 5.93. The first-order valence-corrected chi connectivity index (χ1v) is 7.80. The highest BCUT2D eigenvalue weighted by Crippen LogP contribution is 2.32. The molecule has 124 valence electrons. The van der Waals surface area contributed by atoms with Gasteiger partial charge in [0, 0.05) is 11.8 Å². The number of nitrogens with zero attached hydrogens (tertiary/aromatic N) is 1. The molecule has 2 aliphatic heterocycles. The average Bonchev–Trinajstić information content (AvgIpc) is 2.55. The smallest absolute Gasteiger partial charge is 0.320 e. The van der Waals surface area contributed by atoms with Crippen molar-refractivity contribution in [2.24, 2.45) is 0 Å². The van der Waals surface area contributed by atoms with Gasteiger partial charge in [-0.15, -0.1) is 0 Å². The van der Waals surface area contributed by atoms with Crippen LogP contribution in [0, 0.1) is 0 Å². The van der Waals surface area contributed by atoms with Crippen LogP contribution in [0.1, 0.15) is 19.3 Å². The number of fused-ring (bicyclic) bond motifs is 1. The molecule has 1 saturated heterocycles. The summed E-state index contributed by atoms with van der Waals surface area (Å²) >= 11 is 0. The molecule has 1 fully saturated rings. The zero-order valence-electron chi connectivity index (χ0n) is 12.8. The molecule has 0 saturated carbocycles. The maximum Gasteiger partial charge on any atom is 0.320 e. The summed E-state index contributed by atoms with van der Waals surface area (Å²) in [5.41, 5.74) is 0.614. The summed E-state index contributed by atoms with van der Waals surface area (Å²) in [4.78, 5) is 25.2. The Kier molecular flexibility index (Phi) is 4.66. The number of carboxylic acids is 1. The third-order valence-electron chi connectivity index (χ3n) is 4.07. The van der Waals surface area contributed by atoms with E-state index in [-0.39, 0.29) is 12.5 Å². The number of aliphatic carboxylic acids is 1. The molecule has 7 heteroatoms. The van der Waals surface area contributed by atoms with E-state index < -0.39 is 12.0 Å². The van der Waals surface area contributed by atoms with Crippen LogP contribution in [0.4, 0.5) is 5.69 Å². The summed E-state index contributed by atoms with van der Waals surface area (Å²) in [6.07, 6.45) is 2.39. The first-order chi connectivity index (χ1) is 11.1. The van der Waals surface area contributed by atoms with Crippen LogP contribution in [0.15, 0.2) is 18.2 Å². The molecule has 0 aliphatic carbocycles. The maximum absolute atomic E-state index is 12.2. The number of anilines is 1. The number of likely N-dealkylation sites (tertiary alicyclic amines) is 1. The summed E-state index contributed by atoms with van der Waals surface area (Å²) in [6.45, 7) is 1.71. The molecule has 1 atom stereocenters. The lowest BCUT2D eigenvalue weighted by molar-refractivity contribution is -0.145. The van der Waals surface area contributed by atoms with Crippen LogP contribution < -0.4 is 14.8 Å². The predicted molar refractivity (Wildman–Crippen MR) is 82.9 cm³/mol. The second kappa shape index (κ2) is 6.87. The minimum Gasteiger partial charge on any atom is -0.486 e. The van der Waals surface area contributed by atoms with Crippen molar-refractivity contribution in [2.45, 2.75) is 25.3 Å². The van der Waals surface area contributed by atoms with E-state index in [0.717, 1.165) is 12.8 Å². The van der Waals surface area contributed by atoms with Gasteiger partial charge in [0.2, 0.25) is 5.91 Å². The average molecular weight is 320 g/mol. The molecule has 7 nitrogen and oxygen atoms in total. The fourth-order valence-electron chi connectivity index (χ4n) is 2.97. The van der Waals surface area contributed by atoms with E-state index in [1.165, 1.54) is 0 Å². The van der Waals surface area contributed by atoms with Crippen molar-refractivity contribution in [3.63, 3.8) is 0 Å². The third kappa shape index (κ3) is 3.73. The molecule has 1 unspecified atom stereocenters. The van der Waals surface area contributed by atoms with Crippen molar-refractivity contribution >= 4 is 17.6 Å². The predicted octanol–water partition coefficient (Wildman–Crippen LogP) is 1.34. The number of nitrogens with one attached hydrogen (secondary N) is 1. The number of rotatable bonds is 4. The SMILES string of the molecule is O=C(CN1CCCCC1C(=O)O)Nc1ccc2c(c1)OCCO2. The zero-order valence-corrected chi connectivity index (χ0v) is 12.8. The van der Waals surface area contributed by atoms with Crippen molar-refractivity contribution in [1.29, 1.82) is 0 Å². The molecule has 2 N–H and O–H groups in total. The van der Waals surface area contributed by atoms with Crippen LogP contribution in [0.5, 0.6) is 11.5 Å². The molecule has 2 heterocycles. The second-order valence-corrected chi connectivity index (χ2v) is 5.73. The Balaban J connectivity index is 1.61. The number of ether oxygens (including phenoxy) is 2. The molecule has 3 rings (SSSR count). The van der Waals surface area contributed by atoms with E-state index in [1.54, 1.807) is 23.1 Å². The third-order valence-corrected chi connectivity index (χ3v) is 4.07. The molecule has 0 spiro atoms.